The van der Waals surface area contributed by atoms with Crippen LogP contribution in [0.5, 0.6) is 0 Å². The van der Waals surface area contributed by atoms with Gasteiger partial charge in [-0.1, -0.05) is 37.1 Å². The highest BCUT2D eigenvalue weighted by Crippen LogP contribution is 2.66. The summed E-state index contributed by atoms with van der Waals surface area (Å²) in [6, 6.07) is 0. The van der Waals surface area contributed by atoms with E-state index in [4.69, 9.17) is 16.3 Å². The minimum atomic E-state index is -0.172. The molecule has 0 radical (unpaired) electrons. The van der Waals surface area contributed by atoms with Crippen molar-refractivity contribution in [2.45, 2.75) is 71.8 Å². The van der Waals surface area contributed by atoms with Gasteiger partial charge in [-0.05, 0) is 61.7 Å². The summed E-state index contributed by atoms with van der Waals surface area (Å²) >= 11 is 6.65. The van der Waals surface area contributed by atoms with Crippen LogP contribution in [0.3, 0.4) is 0 Å². The number of allylic oxidation sites excluding steroid dienone is 3. The molecule has 2 saturated carbocycles. The second kappa shape index (κ2) is 6.22. The van der Waals surface area contributed by atoms with Crippen molar-refractivity contribution in [1.29, 1.82) is 0 Å². The van der Waals surface area contributed by atoms with Gasteiger partial charge in [-0.3, -0.25) is 9.59 Å². The summed E-state index contributed by atoms with van der Waals surface area (Å²) in [6.07, 6.45) is 10.5. The maximum atomic E-state index is 11.5. The van der Waals surface area contributed by atoms with Gasteiger partial charge in [-0.2, -0.15) is 0 Å². The Kier molecular flexibility index (Phi) is 4.38. The summed E-state index contributed by atoms with van der Waals surface area (Å²) in [4.78, 5) is 22.8. The fourth-order valence-electron chi connectivity index (χ4n) is 6.73. The van der Waals surface area contributed by atoms with Gasteiger partial charge in [-0.15, -0.1) is 0 Å². The lowest BCUT2D eigenvalue weighted by Crippen LogP contribution is -2.50. The van der Waals surface area contributed by atoms with Crippen LogP contribution in [0.2, 0.25) is 0 Å². The minimum absolute atomic E-state index is 0.0182. The second-order valence-electron chi connectivity index (χ2n) is 9.35. The second-order valence-corrected chi connectivity index (χ2v) is 9.73. The van der Waals surface area contributed by atoms with E-state index in [9.17, 15) is 9.59 Å². The smallest absolute Gasteiger partial charge is 0.302 e. The van der Waals surface area contributed by atoms with Crippen LogP contribution in [-0.4, -0.2) is 18.4 Å². The number of fused-ring (bicyclic) bond motifs is 5. The van der Waals surface area contributed by atoms with Gasteiger partial charge >= 0.3 is 5.97 Å². The molecule has 0 aromatic heterocycles. The summed E-state index contributed by atoms with van der Waals surface area (Å²) in [5.41, 5.74) is 2.51. The fourth-order valence-corrected chi connectivity index (χ4v) is 7.08. The van der Waals surface area contributed by atoms with E-state index < -0.39 is 0 Å². The summed E-state index contributed by atoms with van der Waals surface area (Å²) in [5.74, 6) is 1.55. The zero-order valence-electron chi connectivity index (χ0n) is 16.0. The molecule has 4 heteroatoms. The molecular weight excluding hydrogens is 348 g/mol. The predicted octanol–water partition coefficient (Wildman–Crippen LogP) is 5.18. The lowest BCUT2D eigenvalue weighted by molar-refractivity contribution is -0.148. The van der Waals surface area contributed by atoms with E-state index in [1.165, 1.54) is 18.9 Å². The number of carbonyl (C=O) groups is 2. The highest BCUT2D eigenvalue weighted by atomic mass is 35.5. The quantitative estimate of drug-likeness (QED) is 0.378. The van der Waals surface area contributed by atoms with E-state index >= 15 is 0 Å². The Morgan fingerprint density at radius 3 is 2.62 bits per heavy atom. The Bertz CT molecular complexity index is 708. The van der Waals surface area contributed by atoms with E-state index in [1.54, 1.807) is 0 Å². The molecule has 26 heavy (non-hydrogen) atoms. The molecular formula is C22H29ClO3. The average Bonchev–Trinajstić information content (AvgIpc) is 2.86. The van der Waals surface area contributed by atoms with Gasteiger partial charge in [-0.25, -0.2) is 0 Å². The van der Waals surface area contributed by atoms with E-state index in [2.05, 4.69) is 19.9 Å². The number of esters is 1. The van der Waals surface area contributed by atoms with Crippen LogP contribution >= 0.6 is 11.6 Å². The van der Waals surface area contributed by atoms with Crippen LogP contribution in [-0.2, 0) is 14.3 Å². The maximum absolute atomic E-state index is 11.5. The van der Waals surface area contributed by atoms with Gasteiger partial charge < -0.3 is 4.74 Å². The molecule has 4 aliphatic carbocycles. The molecule has 0 aromatic carbocycles. The van der Waals surface area contributed by atoms with Gasteiger partial charge in [0.25, 0.3) is 0 Å². The molecule has 0 spiro atoms. The number of rotatable bonds is 2. The summed E-state index contributed by atoms with van der Waals surface area (Å²) in [7, 11) is 0. The van der Waals surface area contributed by atoms with Crippen LogP contribution < -0.4 is 0 Å². The van der Waals surface area contributed by atoms with Gasteiger partial charge in [0.05, 0.1) is 0 Å². The van der Waals surface area contributed by atoms with Crippen LogP contribution in [0.4, 0.5) is 0 Å². The Morgan fingerprint density at radius 1 is 1.19 bits per heavy atom. The molecule has 0 saturated heterocycles. The summed E-state index contributed by atoms with van der Waals surface area (Å²) < 4.78 is 5.51. The zero-order valence-corrected chi connectivity index (χ0v) is 16.8. The number of aldehydes is 1. The van der Waals surface area contributed by atoms with Crippen molar-refractivity contribution >= 4 is 23.9 Å². The van der Waals surface area contributed by atoms with Gasteiger partial charge in [0.1, 0.15) is 12.4 Å². The molecule has 0 heterocycles. The Morgan fingerprint density at radius 2 is 1.92 bits per heavy atom. The Labute approximate surface area is 161 Å². The molecule has 6 atom stereocenters. The van der Waals surface area contributed by atoms with Gasteiger partial charge in [0, 0.05) is 29.4 Å². The third-order valence-electron chi connectivity index (χ3n) is 8.15. The van der Waals surface area contributed by atoms with Crippen LogP contribution in [0.15, 0.2) is 22.3 Å². The van der Waals surface area contributed by atoms with Crippen molar-refractivity contribution < 1.29 is 14.3 Å². The number of halogens is 1. The molecule has 3 nitrogen and oxygen atoms in total. The predicted molar refractivity (Wildman–Crippen MR) is 102 cm³/mol. The highest BCUT2D eigenvalue weighted by Gasteiger charge is 2.58. The molecule has 0 aromatic rings. The molecule has 0 aliphatic heterocycles. The first-order chi connectivity index (χ1) is 12.3. The molecule has 0 N–H and O–H groups in total. The SMILES string of the molecule is CC(=O)OC1CCC2(C)C(=CCC3C2CCC2(C)C(Cl)=C(C=O)CC32)C1. The van der Waals surface area contributed by atoms with E-state index in [-0.39, 0.29) is 22.9 Å². The topological polar surface area (TPSA) is 43.4 Å². The zero-order chi connectivity index (χ0) is 18.7. The van der Waals surface area contributed by atoms with E-state index in [1.807, 2.05) is 0 Å². The van der Waals surface area contributed by atoms with E-state index in [0.717, 1.165) is 55.4 Å². The molecule has 4 rings (SSSR count). The molecule has 142 valence electrons. The van der Waals surface area contributed by atoms with Crippen molar-refractivity contribution in [3.8, 4) is 0 Å². The third-order valence-corrected chi connectivity index (χ3v) is 8.82. The number of hydrogen-bond acceptors (Lipinski definition) is 3. The summed E-state index contributed by atoms with van der Waals surface area (Å²) in [5, 5.41) is 0.828. The van der Waals surface area contributed by atoms with Crippen LogP contribution in [0, 0.1) is 28.6 Å². The average molecular weight is 377 g/mol. The van der Waals surface area contributed by atoms with Crippen molar-refractivity contribution in [2.24, 2.45) is 28.6 Å². The standard InChI is InChI=1S/C22H29ClO3/c1-13(25)26-16-6-8-21(2)15(11-16)4-5-17-18(21)7-9-22(3)19(17)10-14(12-24)20(22)23/h4,12,16-19H,5-11H2,1-3H3. The van der Waals surface area contributed by atoms with Gasteiger partial charge in [0.2, 0.25) is 0 Å². The molecule has 2 fully saturated rings. The first-order valence-electron chi connectivity index (χ1n) is 10.0. The van der Waals surface area contributed by atoms with E-state index in [0.29, 0.717) is 17.8 Å². The van der Waals surface area contributed by atoms with Crippen molar-refractivity contribution in [2.75, 3.05) is 0 Å². The Hall–Kier alpha value is -1.09. The fraction of sp³-hybridized carbons (Fsp3) is 0.727. The first kappa shape index (κ1) is 18.3. The largest absolute Gasteiger partial charge is 0.462 e. The Balaban J connectivity index is 1.61. The third kappa shape index (κ3) is 2.53. The monoisotopic (exact) mass is 376 g/mol. The number of carbonyl (C=O) groups excluding carboxylic acids is 2. The normalized spacial score (nSPS) is 44.5. The molecule has 0 bridgehead atoms. The van der Waals surface area contributed by atoms with Crippen LogP contribution in [0.25, 0.3) is 0 Å². The van der Waals surface area contributed by atoms with Crippen molar-refractivity contribution in [3.05, 3.63) is 22.3 Å². The number of hydrogen-bond donors (Lipinski definition) is 0. The molecule has 0 amide bonds. The van der Waals surface area contributed by atoms with Crippen molar-refractivity contribution in [1.82, 2.24) is 0 Å². The lowest BCUT2D eigenvalue weighted by Gasteiger charge is -2.57. The first-order valence-corrected chi connectivity index (χ1v) is 10.4. The molecule has 4 aliphatic rings. The van der Waals surface area contributed by atoms with Gasteiger partial charge in [0.15, 0.2) is 0 Å². The number of ether oxygens (including phenoxy) is 1. The lowest BCUT2D eigenvalue weighted by atomic mass is 9.48. The minimum Gasteiger partial charge on any atom is -0.462 e. The maximum Gasteiger partial charge on any atom is 0.302 e. The van der Waals surface area contributed by atoms with Crippen molar-refractivity contribution in [3.63, 3.8) is 0 Å². The highest BCUT2D eigenvalue weighted by molar-refractivity contribution is 6.32. The van der Waals surface area contributed by atoms with Crippen LogP contribution in [0.1, 0.15) is 65.7 Å². The summed E-state index contributed by atoms with van der Waals surface area (Å²) in [6.45, 7) is 6.20. The molecule has 6 unspecified atom stereocenters.